The summed E-state index contributed by atoms with van der Waals surface area (Å²) >= 11 is 5.92. The van der Waals surface area contributed by atoms with E-state index in [1.165, 1.54) is 12.8 Å². The van der Waals surface area contributed by atoms with Gasteiger partial charge in [0.05, 0.1) is 5.69 Å². The first-order valence-corrected chi connectivity index (χ1v) is 7.15. The zero-order valence-electron chi connectivity index (χ0n) is 11.0. The zero-order valence-corrected chi connectivity index (χ0v) is 11.8. The Kier molecular flexibility index (Phi) is 3.58. The number of aryl methyl sites for hydroxylation is 1. The molecule has 1 aromatic carbocycles. The van der Waals surface area contributed by atoms with E-state index in [2.05, 4.69) is 17.2 Å². The number of rotatable bonds is 3. The molecule has 4 heteroatoms. The predicted octanol–water partition coefficient (Wildman–Crippen LogP) is 3.33. The van der Waals surface area contributed by atoms with Gasteiger partial charge in [0.2, 0.25) is 0 Å². The van der Waals surface area contributed by atoms with E-state index in [0.29, 0.717) is 6.04 Å². The normalized spacial score (nSPS) is 18.9. The van der Waals surface area contributed by atoms with Gasteiger partial charge in [0.1, 0.15) is 5.82 Å². The van der Waals surface area contributed by atoms with E-state index in [9.17, 15) is 0 Å². The number of imidazole rings is 1. The largest absolute Gasteiger partial charge is 0.346 e. The topological polar surface area (TPSA) is 40.7 Å². The number of aromatic amines is 1. The van der Waals surface area contributed by atoms with Crippen molar-refractivity contribution in [3.05, 3.63) is 40.8 Å². The average Bonchev–Trinajstić information content (AvgIpc) is 3.01. The summed E-state index contributed by atoms with van der Waals surface area (Å²) in [6.45, 7) is 3.21. The number of hydrogen-bond acceptors (Lipinski definition) is 2. The average molecular weight is 276 g/mol. The van der Waals surface area contributed by atoms with Crippen molar-refractivity contribution in [1.29, 1.82) is 0 Å². The number of hydrogen-bond donors (Lipinski definition) is 2. The Bertz CT molecular complexity index is 553. The van der Waals surface area contributed by atoms with E-state index in [-0.39, 0.29) is 0 Å². The minimum absolute atomic E-state index is 0.573. The van der Waals surface area contributed by atoms with Crippen molar-refractivity contribution in [2.24, 2.45) is 0 Å². The third-order valence-electron chi connectivity index (χ3n) is 3.65. The van der Waals surface area contributed by atoms with Crippen LogP contribution in [0.3, 0.4) is 0 Å². The molecule has 0 radical (unpaired) electrons. The van der Waals surface area contributed by atoms with Crippen molar-refractivity contribution in [2.75, 3.05) is 6.54 Å². The molecule has 100 valence electrons. The fourth-order valence-corrected chi connectivity index (χ4v) is 2.80. The molecule has 0 aliphatic carbocycles. The second-order valence-corrected chi connectivity index (χ2v) is 5.60. The van der Waals surface area contributed by atoms with Crippen LogP contribution in [0.25, 0.3) is 11.3 Å². The van der Waals surface area contributed by atoms with Gasteiger partial charge >= 0.3 is 0 Å². The molecule has 2 N–H and O–H groups in total. The highest BCUT2D eigenvalue weighted by Crippen LogP contribution is 2.23. The lowest BCUT2D eigenvalue weighted by atomic mass is 10.1. The third-order valence-corrected chi connectivity index (χ3v) is 3.91. The SMILES string of the molecule is Cc1[nH]c(CC2CCCN2)nc1-c1ccc(Cl)cc1. The van der Waals surface area contributed by atoms with Crippen molar-refractivity contribution < 1.29 is 0 Å². The fourth-order valence-electron chi connectivity index (χ4n) is 2.67. The van der Waals surface area contributed by atoms with E-state index >= 15 is 0 Å². The molecule has 2 aromatic rings. The van der Waals surface area contributed by atoms with Crippen molar-refractivity contribution in [1.82, 2.24) is 15.3 Å². The molecule has 1 unspecified atom stereocenters. The van der Waals surface area contributed by atoms with Crippen LogP contribution in [0.15, 0.2) is 24.3 Å². The summed E-state index contributed by atoms with van der Waals surface area (Å²) in [6, 6.07) is 8.42. The molecule has 3 rings (SSSR count). The molecule has 0 amide bonds. The van der Waals surface area contributed by atoms with Crippen LogP contribution in [0.1, 0.15) is 24.4 Å². The minimum atomic E-state index is 0.573. The molecule has 1 aromatic heterocycles. The van der Waals surface area contributed by atoms with Crippen LogP contribution in [0, 0.1) is 6.92 Å². The molecule has 1 atom stereocenters. The molecule has 0 bridgehead atoms. The summed E-state index contributed by atoms with van der Waals surface area (Å²) in [5.41, 5.74) is 3.27. The van der Waals surface area contributed by atoms with Gasteiger partial charge in [-0.1, -0.05) is 23.7 Å². The first-order chi connectivity index (χ1) is 9.22. The van der Waals surface area contributed by atoms with Crippen LogP contribution in [-0.2, 0) is 6.42 Å². The second kappa shape index (κ2) is 5.35. The molecule has 0 spiro atoms. The Labute approximate surface area is 118 Å². The van der Waals surface area contributed by atoms with E-state index < -0.39 is 0 Å². The van der Waals surface area contributed by atoms with Gasteiger partial charge in [-0.25, -0.2) is 4.98 Å². The van der Waals surface area contributed by atoms with Crippen LogP contribution in [0.2, 0.25) is 5.02 Å². The Morgan fingerprint density at radius 1 is 1.32 bits per heavy atom. The van der Waals surface area contributed by atoms with Crippen LogP contribution in [-0.4, -0.2) is 22.6 Å². The Balaban J connectivity index is 1.82. The highest BCUT2D eigenvalue weighted by molar-refractivity contribution is 6.30. The molecule has 3 nitrogen and oxygen atoms in total. The van der Waals surface area contributed by atoms with Gasteiger partial charge in [-0.2, -0.15) is 0 Å². The Morgan fingerprint density at radius 3 is 2.79 bits per heavy atom. The van der Waals surface area contributed by atoms with Gasteiger partial charge in [0.25, 0.3) is 0 Å². The van der Waals surface area contributed by atoms with E-state index in [0.717, 1.165) is 40.8 Å². The lowest BCUT2D eigenvalue weighted by molar-refractivity contribution is 0.588. The Hall–Kier alpha value is -1.32. The molecular weight excluding hydrogens is 258 g/mol. The second-order valence-electron chi connectivity index (χ2n) is 5.16. The van der Waals surface area contributed by atoms with E-state index in [4.69, 9.17) is 16.6 Å². The summed E-state index contributed by atoms with van der Waals surface area (Å²) in [7, 11) is 0. The van der Waals surface area contributed by atoms with E-state index in [1.807, 2.05) is 24.3 Å². The molecular formula is C15H18ClN3. The van der Waals surface area contributed by atoms with E-state index in [1.54, 1.807) is 0 Å². The quantitative estimate of drug-likeness (QED) is 0.902. The first-order valence-electron chi connectivity index (χ1n) is 6.77. The molecule has 1 aliphatic rings. The monoisotopic (exact) mass is 275 g/mol. The number of benzene rings is 1. The molecule has 1 saturated heterocycles. The van der Waals surface area contributed by atoms with Crippen molar-refractivity contribution in [2.45, 2.75) is 32.2 Å². The van der Waals surface area contributed by atoms with Crippen molar-refractivity contribution in [3.8, 4) is 11.3 Å². The van der Waals surface area contributed by atoms with Gasteiger partial charge in [0, 0.05) is 28.7 Å². The predicted molar refractivity (Wildman–Crippen MR) is 78.5 cm³/mol. The van der Waals surface area contributed by atoms with Gasteiger partial charge in [-0.3, -0.25) is 0 Å². The highest BCUT2D eigenvalue weighted by atomic mass is 35.5. The van der Waals surface area contributed by atoms with Crippen molar-refractivity contribution in [3.63, 3.8) is 0 Å². The zero-order chi connectivity index (χ0) is 13.2. The summed E-state index contributed by atoms with van der Waals surface area (Å²) in [4.78, 5) is 8.14. The molecule has 1 fully saturated rings. The van der Waals surface area contributed by atoms with Gasteiger partial charge in [0.15, 0.2) is 0 Å². The fraction of sp³-hybridized carbons (Fsp3) is 0.400. The number of halogens is 1. The molecule has 2 heterocycles. The maximum absolute atomic E-state index is 5.92. The standard InChI is InChI=1S/C15H18ClN3/c1-10-15(11-4-6-12(16)7-5-11)19-14(18-10)9-13-3-2-8-17-13/h4-7,13,17H,2-3,8-9H2,1H3,(H,18,19). The van der Waals surface area contributed by atoms with Crippen LogP contribution >= 0.6 is 11.6 Å². The molecule has 1 aliphatic heterocycles. The summed E-state index contributed by atoms with van der Waals surface area (Å²) < 4.78 is 0. The van der Waals surface area contributed by atoms with Gasteiger partial charge < -0.3 is 10.3 Å². The summed E-state index contributed by atoms with van der Waals surface area (Å²) in [6.07, 6.45) is 3.50. The smallest absolute Gasteiger partial charge is 0.108 e. The Morgan fingerprint density at radius 2 is 2.11 bits per heavy atom. The first kappa shape index (κ1) is 12.7. The maximum Gasteiger partial charge on any atom is 0.108 e. The van der Waals surface area contributed by atoms with Gasteiger partial charge in [-0.15, -0.1) is 0 Å². The summed E-state index contributed by atoms with van der Waals surface area (Å²) in [5.74, 6) is 1.07. The number of nitrogens with one attached hydrogen (secondary N) is 2. The minimum Gasteiger partial charge on any atom is -0.346 e. The van der Waals surface area contributed by atoms with Crippen LogP contribution in [0.4, 0.5) is 0 Å². The third kappa shape index (κ3) is 2.82. The lowest BCUT2D eigenvalue weighted by Gasteiger charge is -2.06. The maximum atomic E-state index is 5.92. The van der Waals surface area contributed by atoms with Crippen LogP contribution in [0.5, 0.6) is 0 Å². The lowest BCUT2D eigenvalue weighted by Crippen LogP contribution is -2.24. The van der Waals surface area contributed by atoms with Crippen LogP contribution < -0.4 is 5.32 Å². The summed E-state index contributed by atoms with van der Waals surface area (Å²) in [5, 5.41) is 4.26. The number of nitrogens with zero attached hydrogens (tertiary/aromatic N) is 1. The highest BCUT2D eigenvalue weighted by Gasteiger charge is 2.17. The number of H-pyrrole nitrogens is 1. The van der Waals surface area contributed by atoms with Gasteiger partial charge in [-0.05, 0) is 38.4 Å². The number of aromatic nitrogens is 2. The molecule has 0 saturated carbocycles. The van der Waals surface area contributed by atoms with Crippen molar-refractivity contribution >= 4 is 11.6 Å². The molecule has 19 heavy (non-hydrogen) atoms.